The Bertz CT molecular complexity index is 368. The van der Waals surface area contributed by atoms with Gasteiger partial charge in [0.05, 0.1) is 0 Å². The molecule has 1 aliphatic carbocycles. The van der Waals surface area contributed by atoms with Crippen molar-refractivity contribution in [1.29, 1.82) is 0 Å². The monoisotopic (exact) mass is 207 g/mol. The number of carbonyl (C=O) groups excluding carboxylic acids is 1. The van der Waals surface area contributed by atoms with Gasteiger partial charge in [-0.15, -0.1) is 0 Å². The fraction of sp³-hybridized carbons (Fsp3) is 0.417. The first kappa shape index (κ1) is 10.1. The van der Waals surface area contributed by atoms with Crippen molar-refractivity contribution in [2.45, 2.75) is 19.8 Å². The first-order chi connectivity index (χ1) is 7.09. The van der Waals surface area contributed by atoms with Gasteiger partial charge in [0.1, 0.15) is 5.82 Å². The first-order valence-electron chi connectivity index (χ1n) is 5.13. The molecule has 80 valence electrons. The van der Waals surface area contributed by atoms with Crippen LogP contribution in [0, 0.1) is 11.2 Å². The Morgan fingerprint density at radius 1 is 1.40 bits per heavy atom. The fourth-order valence-corrected chi connectivity index (χ4v) is 1.39. The van der Waals surface area contributed by atoms with Crippen LogP contribution in [-0.2, 0) is 0 Å². The normalized spacial score (nSPS) is 17.2. The van der Waals surface area contributed by atoms with Crippen molar-refractivity contribution in [3.05, 3.63) is 35.6 Å². The number of rotatable bonds is 3. The van der Waals surface area contributed by atoms with E-state index in [1.54, 1.807) is 0 Å². The van der Waals surface area contributed by atoms with Gasteiger partial charge in [0.15, 0.2) is 0 Å². The smallest absolute Gasteiger partial charge is 0.251 e. The average molecular weight is 207 g/mol. The van der Waals surface area contributed by atoms with Gasteiger partial charge in [-0.2, -0.15) is 0 Å². The third-order valence-electron chi connectivity index (χ3n) is 2.89. The Hall–Kier alpha value is -1.38. The molecule has 1 aromatic carbocycles. The molecular formula is C12H14FNO. The Kier molecular flexibility index (Phi) is 2.47. The van der Waals surface area contributed by atoms with Crippen LogP contribution < -0.4 is 5.32 Å². The topological polar surface area (TPSA) is 29.1 Å². The van der Waals surface area contributed by atoms with Gasteiger partial charge >= 0.3 is 0 Å². The van der Waals surface area contributed by atoms with Gasteiger partial charge in [-0.3, -0.25) is 4.79 Å². The number of carbonyl (C=O) groups is 1. The second-order valence-corrected chi connectivity index (χ2v) is 4.50. The number of hydrogen-bond donors (Lipinski definition) is 1. The van der Waals surface area contributed by atoms with E-state index < -0.39 is 0 Å². The van der Waals surface area contributed by atoms with Crippen LogP contribution in [-0.4, -0.2) is 12.5 Å². The molecule has 0 spiro atoms. The van der Waals surface area contributed by atoms with Gasteiger partial charge < -0.3 is 5.32 Å². The largest absolute Gasteiger partial charge is 0.351 e. The number of nitrogens with one attached hydrogen (secondary N) is 1. The molecule has 0 atom stereocenters. The molecule has 1 aromatic rings. The van der Waals surface area contributed by atoms with Crippen molar-refractivity contribution in [3.8, 4) is 0 Å². The third-order valence-corrected chi connectivity index (χ3v) is 2.89. The molecule has 1 N–H and O–H groups in total. The van der Waals surface area contributed by atoms with Crippen LogP contribution >= 0.6 is 0 Å². The lowest BCUT2D eigenvalue weighted by atomic mass is 10.1. The van der Waals surface area contributed by atoms with E-state index in [-0.39, 0.29) is 11.7 Å². The molecule has 0 heterocycles. The SMILES string of the molecule is CC1(CNC(=O)c2ccc(F)cc2)CC1. The number of amides is 1. The van der Waals surface area contributed by atoms with Gasteiger partial charge in [-0.05, 0) is 42.5 Å². The standard InChI is InChI=1S/C12H14FNO/c1-12(6-7-12)8-14-11(15)9-2-4-10(13)5-3-9/h2-5H,6-8H2,1H3,(H,14,15). The zero-order valence-electron chi connectivity index (χ0n) is 8.72. The summed E-state index contributed by atoms with van der Waals surface area (Å²) in [4.78, 5) is 11.6. The van der Waals surface area contributed by atoms with Crippen molar-refractivity contribution < 1.29 is 9.18 Å². The highest BCUT2D eigenvalue weighted by atomic mass is 19.1. The third kappa shape index (κ3) is 2.55. The van der Waals surface area contributed by atoms with Crippen molar-refractivity contribution in [2.24, 2.45) is 5.41 Å². The Morgan fingerprint density at radius 2 is 2.00 bits per heavy atom. The molecule has 1 fully saturated rings. The zero-order chi connectivity index (χ0) is 10.9. The second-order valence-electron chi connectivity index (χ2n) is 4.50. The fourth-order valence-electron chi connectivity index (χ4n) is 1.39. The van der Waals surface area contributed by atoms with Gasteiger partial charge in [0.25, 0.3) is 5.91 Å². The van der Waals surface area contributed by atoms with E-state index in [9.17, 15) is 9.18 Å². The highest BCUT2D eigenvalue weighted by Gasteiger charge is 2.37. The quantitative estimate of drug-likeness (QED) is 0.810. The summed E-state index contributed by atoms with van der Waals surface area (Å²) in [6, 6.07) is 5.60. The number of halogens is 1. The van der Waals surface area contributed by atoms with Crippen LogP contribution in [0.1, 0.15) is 30.1 Å². The molecule has 1 aliphatic rings. The van der Waals surface area contributed by atoms with Gasteiger partial charge in [0.2, 0.25) is 0 Å². The van der Waals surface area contributed by atoms with Crippen LogP contribution in [0.25, 0.3) is 0 Å². The predicted octanol–water partition coefficient (Wildman–Crippen LogP) is 2.36. The molecule has 3 heteroatoms. The molecule has 1 saturated carbocycles. The minimum absolute atomic E-state index is 0.122. The number of benzene rings is 1. The van der Waals surface area contributed by atoms with Crippen LogP contribution in [0.5, 0.6) is 0 Å². The number of hydrogen-bond acceptors (Lipinski definition) is 1. The lowest BCUT2D eigenvalue weighted by molar-refractivity contribution is 0.0946. The van der Waals surface area contributed by atoms with E-state index in [1.165, 1.54) is 37.1 Å². The molecule has 1 amide bonds. The molecule has 0 bridgehead atoms. The van der Waals surface area contributed by atoms with Crippen molar-refractivity contribution in [2.75, 3.05) is 6.54 Å². The molecule has 2 nitrogen and oxygen atoms in total. The van der Waals surface area contributed by atoms with E-state index in [0.29, 0.717) is 17.5 Å². The molecule has 2 rings (SSSR count). The Labute approximate surface area is 88.5 Å². The summed E-state index contributed by atoms with van der Waals surface area (Å²) in [6.45, 7) is 2.86. The predicted molar refractivity (Wildman–Crippen MR) is 56.1 cm³/mol. The van der Waals surface area contributed by atoms with Crippen LogP contribution in [0.4, 0.5) is 4.39 Å². The van der Waals surface area contributed by atoms with Gasteiger partial charge in [-0.25, -0.2) is 4.39 Å². The van der Waals surface area contributed by atoms with E-state index in [1.807, 2.05) is 0 Å². The minimum Gasteiger partial charge on any atom is -0.351 e. The summed E-state index contributed by atoms with van der Waals surface area (Å²) >= 11 is 0. The molecule has 0 radical (unpaired) electrons. The lowest BCUT2D eigenvalue weighted by Gasteiger charge is -2.09. The Balaban J connectivity index is 1.92. The minimum atomic E-state index is -0.319. The highest BCUT2D eigenvalue weighted by molar-refractivity contribution is 5.94. The second kappa shape index (κ2) is 3.65. The van der Waals surface area contributed by atoms with Crippen molar-refractivity contribution in [3.63, 3.8) is 0 Å². The van der Waals surface area contributed by atoms with E-state index >= 15 is 0 Å². The van der Waals surface area contributed by atoms with E-state index in [2.05, 4.69) is 12.2 Å². The van der Waals surface area contributed by atoms with E-state index in [4.69, 9.17) is 0 Å². The highest BCUT2D eigenvalue weighted by Crippen LogP contribution is 2.44. The first-order valence-corrected chi connectivity index (χ1v) is 5.13. The Morgan fingerprint density at radius 3 is 2.53 bits per heavy atom. The van der Waals surface area contributed by atoms with Crippen LogP contribution in [0.2, 0.25) is 0 Å². The molecular weight excluding hydrogens is 193 g/mol. The molecule has 0 aliphatic heterocycles. The summed E-state index contributed by atoms with van der Waals surface area (Å²) in [5.74, 6) is -0.441. The van der Waals surface area contributed by atoms with Crippen LogP contribution in [0.3, 0.4) is 0 Å². The maximum absolute atomic E-state index is 12.6. The summed E-state index contributed by atoms with van der Waals surface area (Å²) in [6.07, 6.45) is 2.35. The maximum atomic E-state index is 12.6. The van der Waals surface area contributed by atoms with Crippen molar-refractivity contribution in [1.82, 2.24) is 5.32 Å². The summed E-state index contributed by atoms with van der Waals surface area (Å²) in [7, 11) is 0. The van der Waals surface area contributed by atoms with Crippen LogP contribution in [0.15, 0.2) is 24.3 Å². The molecule has 0 saturated heterocycles. The molecule has 0 unspecified atom stereocenters. The molecule has 0 aromatic heterocycles. The zero-order valence-corrected chi connectivity index (χ0v) is 8.72. The molecule has 15 heavy (non-hydrogen) atoms. The summed E-state index contributed by atoms with van der Waals surface area (Å²) < 4.78 is 12.6. The lowest BCUT2D eigenvalue weighted by Crippen LogP contribution is -2.28. The summed E-state index contributed by atoms with van der Waals surface area (Å²) in [5.41, 5.74) is 0.816. The van der Waals surface area contributed by atoms with Gasteiger partial charge in [0, 0.05) is 12.1 Å². The van der Waals surface area contributed by atoms with E-state index in [0.717, 1.165) is 0 Å². The van der Waals surface area contributed by atoms with Crippen molar-refractivity contribution >= 4 is 5.91 Å². The van der Waals surface area contributed by atoms with Gasteiger partial charge in [-0.1, -0.05) is 6.92 Å². The maximum Gasteiger partial charge on any atom is 0.251 e. The summed E-state index contributed by atoms with van der Waals surface area (Å²) in [5, 5.41) is 2.86. The average Bonchev–Trinajstić information content (AvgIpc) is 2.95.